The molecule has 0 bridgehead atoms. The molecule has 1 heterocycles. The van der Waals surface area contributed by atoms with Crippen molar-refractivity contribution >= 4 is 39.1 Å². The average Bonchev–Trinajstić information content (AvgIpc) is 3.14. The Balaban J connectivity index is 1.49. The van der Waals surface area contributed by atoms with E-state index in [9.17, 15) is 9.59 Å². The SMILES string of the molecule is COC(=O)CCCCC(=O)Nc1ccc(OCc2nc3ccccc3s2)cc1C. The Kier molecular flexibility index (Phi) is 7.19. The molecule has 0 radical (unpaired) electrons. The largest absolute Gasteiger partial charge is 0.486 e. The van der Waals surface area contributed by atoms with Crippen LogP contribution in [0.25, 0.3) is 10.2 Å². The molecule has 0 atom stereocenters. The van der Waals surface area contributed by atoms with Gasteiger partial charge in [0, 0.05) is 18.5 Å². The predicted octanol–water partition coefficient (Wildman–Crippen LogP) is 4.86. The molecule has 3 aromatic rings. The maximum atomic E-state index is 12.1. The molecule has 0 saturated carbocycles. The Bertz CT molecular complexity index is 966. The predicted molar refractivity (Wildman–Crippen MR) is 114 cm³/mol. The lowest BCUT2D eigenvalue weighted by atomic mass is 10.1. The average molecular weight is 413 g/mol. The fourth-order valence-corrected chi connectivity index (χ4v) is 3.74. The summed E-state index contributed by atoms with van der Waals surface area (Å²) in [6.45, 7) is 2.34. The van der Waals surface area contributed by atoms with Gasteiger partial charge in [-0.2, -0.15) is 0 Å². The molecule has 1 N–H and O–H groups in total. The van der Waals surface area contributed by atoms with Crippen molar-refractivity contribution in [1.29, 1.82) is 0 Å². The number of esters is 1. The highest BCUT2D eigenvalue weighted by atomic mass is 32.1. The summed E-state index contributed by atoms with van der Waals surface area (Å²) >= 11 is 1.62. The van der Waals surface area contributed by atoms with Crippen LogP contribution in [0.15, 0.2) is 42.5 Å². The highest BCUT2D eigenvalue weighted by molar-refractivity contribution is 7.18. The number of para-hydroxylation sites is 1. The summed E-state index contributed by atoms with van der Waals surface area (Å²) in [5.41, 5.74) is 2.67. The summed E-state index contributed by atoms with van der Waals surface area (Å²) < 4.78 is 11.6. The van der Waals surface area contributed by atoms with Crippen molar-refractivity contribution in [3.63, 3.8) is 0 Å². The second kappa shape index (κ2) is 10.0. The third-order valence-electron chi connectivity index (χ3n) is 4.43. The quantitative estimate of drug-likeness (QED) is 0.401. The number of thiazole rings is 1. The number of carbonyl (C=O) groups excluding carboxylic acids is 2. The molecule has 1 aromatic heterocycles. The van der Waals surface area contributed by atoms with Crippen LogP contribution in [0.4, 0.5) is 5.69 Å². The van der Waals surface area contributed by atoms with E-state index in [2.05, 4.69) is 15.0 Å². The molecule has 0 fully saturated rings. The van der Waals surface area contributed by atoms with Crippen molar-refractivity contribution in [3.8, 4) is 5.75 Å². The standard InChI is InChI=1S/C22H24N2O4S/c1-15-13-16(28-14-21-24-18-7-3-4-8-19(18)29-21)11-12-17(15)23-20(25)9-5-6-10-22(26)27-2/h3-4,7-8,11-13H,5-6,9-10,14H2,1-2H3,(H,23,25). The zero-order valence-corrected chi connectivity index (χ0v) is 17.4. The highest BCUT2D eigenvalue weighted by Crippen LogP contribution is 2.25. The number of ether oxygens (including phenoxy) is 2. The molecular weight excluding hydrogens is 388 g/mol. The molecule has 0 unspecified atom stereocenters. The van der Waals surface area contributed by atoms with Crippen LogP contribution < -0.4 is 10.1 Å². The van der Waals surface area contributed by atoms with E-state index in [-0.39, 0.29) is 11.9 Å². The van der Waals surface area contributed by atoms with Crippen LogP contribution in [0.3, 0.4) is 0 Å². The van der Waals surface area contributed by atoms with Crippen LogP contribution >= 0.6 is 11.3 Å². The van der Waals surface area contributed by atoms with Gasteiger partial charge >= 0.3 is 5.97 Å². The fraction of sp³-hybridized carbons (Fsp3) is 0.318. The number of methoxy groups -OCH3 is 1. The molecule has 29 heavy (non-hydrogen) atoms. The van der Waals surface area contributed by atoms with Crippen molar-refractivity contribution in [1.82, 2.24) is 4.98 Å². The molecule has 6 nitrogen and oxygen atoms in total. The minimum Gasteiger partial charge on any atom is -0.486 e. The van der Waals surface area contributed by atoms with Crippen molar-refractivity contribution in [2.75, 3.05) is 12.4 Å². The zero-order valence-electron chi connectivity index (χ0n) is 16.6. The lowest BCUT2D eigenvalue weighted by molar-refractivity contribution is -0.140. The fourth-order valence-electron chi connectivity index (χ4n) is 2.86. The van der Waals surface area contributed by atoms with E-state index in [4.69, 9.17) is 4.74 Å². The number of aryl methyl sites for hydroxylation is 1. The van der Waals surface area contributed by atoms with Gasteiger partial charge in [-0.1, -0.05) is 12.1 Å². The molecular formula is C22H24N2O4S. The van der Waals surface area contributed by atoms with Crippen LogP contribution in [-0.4, -0.2) is 24.0 Å². The number of unbranched alkanes of at least 4 members (excludes halogenated alkanes) is 1. The molecule has 0 aliphatic carbocycles. The third kappa shape index (κ3) is 6.02. The van der Waals surface area contributed by atoms with E-state index in [1.807, 2.05) is 49.4 Å². The first kappa shape index (κ1) is 20.8. The Labute approximate surface area is 173 Å². The van der Waals surface area contributed by atoms with Crippen molar-refractivity contribution in [2.24, 2.45) is 0 Å². The molecule has 7 heteroatoms. The van der Waals surface area contributed by atoms with Gasteiger partial charge in [-0.25, -0.2) is 4.98 Å². The summed E-state index contributed by atoms with van der Waals surface area (Å²) in [5.74, 6) is 0.418. The Morgan fingerprint density at radius 3 is 2.66 bits per heavy atom. The monoisotopic (exact) mass is 412 g/mol. The first-order chi connectivity index (χ1) is 14.0. The van der Waals surface area contributed by atoms with E-state index >= 15 is 0 Å². The summed E-state index contributed by atoms with van der Waals surface area (Å²) in [5, 5.41) is 3.83. The van der Waals surface area contributed by atoms with Gasteiger partial charge in [0.2, 0.25) is 5.91 Å². The topological polar surface area (TPSA) is 77.5 Å². The zero-order chi connectivity index (χ0) is 20.6. The third-order valence-corrected chi connectivity index (χ3v) is 5.44. The number of benzene rings is 2. The number of aromatic nitrogens is 1. The number of amides is 1. The number of carbonyl (C=O) groups is 2. The number of hydrogen-bond acceptors (Lipinski definition) is 6. The number of hydrogen-bond donors (Lipinski definition) is 1. The molecule has 0 spiro atoms. The van der Waals surface area contributed by atoms with Gasteiger partial charge < -0.3 is 14.8 Å². The van der Waals surface area contributed by atoms with E-state index in [1.54, 1.807) is 11.3 Å². The van der Waals surface area contributed by atoms with Crippen LogP contribution in [-0.2, 0) is 20.9 Å². The van der Waals surface area contributed by atoms with Gasteiger partial charge in [0.15, 0.2) is 0 Å². The number of nitrogens with zero attached hydrogens (tertiary/aromatic N) is 1. The Morgan fingerprint density at radius 1 is 1.10 bits per heavy atom. The van der Waals surface area contributed by atoms with Crippen LogP contribution in [0, 0.1) is 6.92 Å². The number of fused-ring (bicyclic) bond motifs is 1. The minimum atomic E-state index is -0.248. The lowest BCUT2D eigenvalue weighted by Gasteiger charge is -2.11. The second-order valence-corrected chi connectivity index (χ2v) is 7.79. The van der Waals surface area contributed by atoms with Gasteiger partial charge in [0.25, 0.3) is 0 Å². The van der Waals surface area contributed by atoms with Crippen LogP contribution in [0.1, 0.15) is 36.3 Å². The molecule has 0 saturated heterocycles. The minimum absolute atomic E-state index is 0.0684. The van der Waals surface area contributed by atoms with Crippen molar-refractivity contribution in [3.05, 3.63) is 53.0 Å². The Morgan fingerprint density at radius 2 is 1.90 bits per heavy atom. The van der Waals surface area contributed by atoms with E-state index in [0.29, 0.717) is 32.3 Å². The van der Waals surface area contributed by atoms with E-state index < -0.39 is 0 Å². The first-order valence-electron chi connectivity index (χ1n) is 9.49. The summed E-state index contributed by atoms with van der Waals surface area (Å²) in [4.78, 5) is 27.7. The smallest absolute Gasteiger partial charge is 0.305 e. The summed E-state index contributed by atoms with van der Waals surface area (Å²) in [6.07, 6.45) is 1.98. The van der Waals surface area contributed by atoms with Crippen LogP contribution in [0.2, 0.25) is 0 Å². The van der Waals surface area contributed by atoms with Crippen LogP contribution in [0.5, 0.6) is 5.75 Å². The molecule has 0 aliphatic heterocycles. The van der Waals surface area contributed by atoms with Gasteiger partial charge in [0.05, 0.1) is 17.3 Å². The van der Waals surface area contributed by atoms with Gasteiger partial charge in [-0.15, -0.1) is 11.3 Å². The van der Waals surface area contributed by atoms with Crippen molar-refractivity contribution in [2.45, 2.75) is 39.2 Å². The normalized spacial score (nSPS) is 10.7. The molecule has 1 amide bonds. The maximum Gasteiger partial charge on any atom is 0.305 e. The summed E-state index contributed by atoms with van der Waals surface area (Å²) in [6, 6.07) is 13.6. The Hall–Kier alpha value is -2.93. The number of nitrogens with one attached hydrogen (secondary N) is 1. The van der Waals surface area contributed by atoms with E-state index in [0.717, 1.165) is 32.2 Å². The van der Waals surface area contributed by atoms with Crippen molar-refractivity contribution < 1.29 is 19.1 Å². The maximum absolute atomic E-state index is 12.1. The molecule has 152 valence electrons. The van der Waals surface area contributed by atoms with Gasteiger partial charge in [-0.3, -0.25) is 9.59 Å². The number of anilines is 1. The molecule has 2 aromatic carbocycles. The lowest BCUT2D eigenvalue weighted by Crippen LogP contribution is -2.12. The molecule has 0 aliphatic rings. The number of rotatable bonds is 9. The second-order valence-electron chi connectivity index (χ2n) is 6.67. The summed E-state index contributed by atoms with van der Waals surface area (Å²) in [7, 11) is 1.37. The van der Waals surface area contributed by atoms with Gasteiger partial charge in [-0.05, 0) is 55.7 Å². The highest BCUT2D eigenvalue weighted by Gasteiger charge is 2.08. The molecule has 3 rings (SSSR count). The first-order valence-corrected chi connectivity index (χ1v) is 10.3. The van der Waals surface area contributed by atoms with E-state index in [1.165, 1.54) is 7.11 Å². The van der Waals surface area contributed by atoms with Gasteiger partial charge in [0.1, 0.15) is 17.4 Å².